The molecule has 0 amide bonds. The van der Waals surface area contributed by atoms with E-state index >= 15 is 0 Å². The average molecular weight is 277 g/mol. The molecule has 2 heteroatoms. The molecule has 3 rings (SSSR count). The monoisotopic (exact) mass is 277 g/mol. The Labute approximate surface area is 125 Å². The van der Waals surface area contributed by atoms with Crippen LogP contribution in [0.3, 0.4) is 0 Å². The van der Waals surface area contributed by atoms with Crippen molar-refractivity contribution in [1.29, 1.82) is 0 Å². The van der Waals surface area contributed by atoms with E-state index < -0.39 is 0 Å². The van der Waals surface area contributed by atoms with Crippen LogP contribution in [0.2, 0.25) is 0 Å². The molecule has 21 heavy (non-hydrogen) atoms. The molecule has 2 aromatic carbocycles. The fourth-order valence-corrected chi connectivity index (χ4v) is 2.48. The number of hydrogen-bond donors (Lipinski definition) is 1. The number of nitrogens with one attached hydrogen (secondary N) is 1. The highest BCUT2D eigenvalue weighted by Crippen LogP contribution is 2.19. The van der Waals surface area contributed by atoms with Gasteiger partial charge in [0.15, 0.2) is 0 Å². The molecule has 0 aliphatic heterocycles. The average Bonchev–Trinajstić information content (AvgIpc) is 3.07. The Hall–Kier alpha value is -2.32. The topological polar surface area (TPSA) is 25.2 Å². The van der Waals surface area contributed by atoms with Crippen molar-refractivity contribution < 1.29 is 4.42 Å². The third-order valence-electron chi connectivity index (χ3n) is 3.59. The summed E-state index contributed by atoms with van der Waals surface area (Å²) >= 11 is 0. The van der Waals surface area contributed by atoms with Gasteiger partial charge in [0.1, 0.15) is 5.76 Å². The summed E-state index contributed by atoms with van der Waals surface area (Å²) in [7, 11) is 0. The minimum atomic E-state index is 0.277. The normalized spacial score (nSPS) is 12.2. The van der Waals surface area contributed by atoms with Gasteiger partial charge in [0, 0.05) is 6.04 Å². The Morgan fingerprint density at radius 2 is 1.52 bits per heavy atom. The van der Waals surface area contributed by atoms with E-state index in [1.807, 2.05) is 12.1 Å². The van der Waals surface area contributed by atoms with Gasteiger partial charge in [-0.2, -0.15) is 0 Å². The highest BCUT2D eigenvalue weighted by molar-refractivity contribution is 5.23. The Morgan fingerprint density at radius 1 is 0.810 bits per heavy atom. The van der Waals surface area contributed by atoms with Crippen molar-refractivity contribution in [2.75, 3.05) is 0 Å². The summed E-state index contributed by atoms with van der Waals surface area (Å²) in [5.41, 5.74) is 2.63. The zero-order chi connectivity index (χ0) is 14.3. The van der Waals surface area contributed by atoms with E-state index in [0.29, 0.717) is 0 Å². The minimum absolute atomic E-state index is 0.277. The molecule has 0 radical (unpaired) electrons. The first-order valence-electron chi connectivity index (χ1n) is 7.26. The lowest BCUT2D eigenvalue weighted by atomic mass is 9.99. The second-order valence-electron chi connectivity index (χ2n) is 5.11. The van der Waals surface area contributed by atoms with Gasteiger partial charge in [0.25, 0.3) is 0 Å². The number of hydrogen-bond acceptors (Lipinski definition) is 2. The third kappa shape index (κ3) is 3.83. The molecular formula is C19H19NO. The van der Waals surface area contributed by atoms with E-state index in [0.717, 1.165) is 18.7 Å². The number of rotatable bonds is 6. The van der Waals surface area contributed by atoms with Crippen LogP contribution in [-0.2, 0) is 13.0 Å². The molecule has 0 spiro atoms. The Balaban J connectivity index is 1.74. The predicted octanol–water partition coefficient (Wildman–Crippen LogP) is 4.35. The van der Waals surface area contributed by atoms with Gasteiger partial charge in [-0.15, -0.1) is 0 Å². The van der Waals surface area contributed by atoms with E-state index in [4.69, 9.17) is 4.42 Å². The van der Waals surface area contributed by atoms with Crippen LogP contribution in [0, 0.1) is 0 Å². The fraction of sp³-hybridized carbons (Fsp3) is 0.158. The molecule has 3 aromatic rings. The predicted molar refractivity (Wildman–Crippen MR) is 84.9 cm³/mol. The van der Waals surface area contributed by atoms with Gasteiger partial charge in [0.05, 0.1) is 12.8 Å². The molecule has 0 bridgehead atoms. The molecule has 1 N–H and O–H groups in total. The molecule has 0 fully saturated rings. The molecule has 0 aliphatic rings. The lowest BCUT2D eigenvalue weighted by Gasteiger charge is -2.19. The summed E-state index contributed by atoms with van der Waals surface area (Å²) in [5.74, 6) is 0.962. The molecule has 1 atom stereocenters. The Morgan fingerprint density at radius 3 is 2.19 bits per heavy atom. The SMILES string of the molecule is c1ccc(C[C@H](NCc2ccco2)c2ccccc2)cc1. The second kappa shape index (κ2) is 6.91. The molecule has 2 nitrogen and oxygen atoms in total. The number of furan rings is 1. The lowest BCUT2D eigenvalue weighted by Crippen LogP contribution is -2.22. The fourth-order valence-electron chi connectivity index (χ4n) is 2.48. The third-order valence-corrected chi connectivity index (χ3v) is 3.59. The summed E-state index contributed by atoms with van der Waals surface area (Å²) in [4.78, 5) is 0. The van der Waals surface area contributed by atoms with E-state index in [1.54, 1.807) is 6.26 Å². The van der Waals surface area contributed by atoms with Gasteiger partial charge < -0.3 is 9.73 Å². The van der Waals surface area contributed by atoms with Crippen LogP contribution in [-0.4, -0.2) is 0 Å². The van der Waals surface area contributed by atoms with Gasteiger partial charge in [-0.1, -0.05) is 60.7 Å². The largest absolute Gasteiger partial charge is 0.468 e. The molecule has 0 unspecified atom stereocenters. The quantitative estimate of drug-likeness (QED) is 0.724. The van der Waals surface area contributed by atoms with Crippen LogP contribution in [0.1, 0.15) is 22.9 Å². The van der Waals surface area contributed by atoms with Gasteiger partial charge in [0.2, 0.25) is 0 Å². The van der Waals surface area contributed by atoms with Gasteiger partial charge in [-0.25, -0.2) is 0 Å². The molecule has 1 aromatic heterocycles. The van der Waals surface area contributed by atoms with Crippen LogP contribution >= 0.6 is 0 Å². The van der Waals surface area contributed by atoms with Crippen molar-refractivity contribution in [1.82, 2.24) is 5.32 Å². The summed E-state index contributed by atoms with van der Waals surface area (Å²) < 4.78 is 5.41. The van der Waals surface area contributed by atoms with Crippen molar-refractivity contribution >= 4 is 0 Å². The first-order chi connectivity index (χ1) is 10.4. The maximum atomic E-state index is 5.41. The minimum Gasteiger partial charge on any atom is -0.468 e. The Bertz CT molecular complexity index is 632. The smallest absolute Gasteiger partial charge is 0.117 e. The first kappa shape index (κ1) is 13.7. The molecule has 0 saturated carbocycles. The van der Waals surface area contributed by atoms with Crippen molar-refractivity contribution in [2.45, 2.75) is 19.0 Å². The summed E-state index contributed by atoms with van der Waals surface area (Å²) in [6, 6.07) is 25.3. The van der Waals surface area contributed by atoms with E-state index in [-0.39, 0.29) is 6.04 Å². The lowest BCUT2D eigenvalue weighted by molar-refractivity contribution is 0.447. The number of benzene rings is 2. The summed E-state index contributed by atoms with van der Waals surface area (Å²) in [6.45, 7) is 0.736. The van der Waals surface area contributed by atoms with Gasteiger partial charge in [-0.05, 0) is 29.7 Å². The zero-order valence-corrected chi connectivity index (χ0v) is 11.9. The summed E-state index contributed by atoms with van der Waals surface area (Å²) in [5, 5.41) is 3.59. The van der Waals surface area contributed by atoms with Crippen LogP contribution in [0.25, 0.3) is 0 Å². The molecule has 106 valence electrons. The van der Waals surface area contributed by atoms with E-state index in [2.05, 4.69) is 66.0 Å². The van der Waals surface area contributed by atoms with Crippen LogP contribution in [0.4, 0.5) is 0 Å². The van der Waals surface area contributed by atoms with Gasteiger partial charge >= 0.3 is 0 Å². The van der Waals surface area contributed by atoms with Crippen LogP contribution < -0.4 is 5.32 Å². The molecule has 0 aliphatic carbocycles. The van der Waals surface area contributed by atoms with Crippen molar-refractivity contribution in [3.05, 3.63) is 95.9 Å². The maximum absolute atomic E-state index is 5.41. The van der Waals surface area contributed by atoms with Gasteiger partial charge in [-0.3, -0.25) is 0 Å². The van der Waals surface area contributed by atoms with E-state index in [1.165, 1.54) is 11.1 Å². The Kier molecular flexibility index (Phi) is 4.49. The highest BCUT2D eigenvalue weighted by Gasteiger charge is 2.12. The summed E-state index contributed by atoms with van der Waals surface area (Å²) in [6.07, 6.45) is 2.68. The van der Waals surface area contributed by atoms with Crippen molar-refractivity contribution in [2.24, 2.45) is 0 Å². The van der Waals surface area contributed by atoms with Crippen molar-refractivity contribution in [3.63, 3.8) is 0 Å². The molecule has 0 saturated heterocycles. The van der Waals surface area contributed by atoms with Crippen LogP contribution in [0.5, 0.6) is 0 Å². The second-order valence-corrected chi connectivity index (χ2v) is 5.11. The van der Waals surface area contributed by atoms with Crippen molar-refractivity contribution in [3.8, 4) is 0 Å². The standard InChI is InChI=1S/C19H19NO/c1-3-8-16(9-4-1)14-19(17-10-5-2-6-11-17)20-15-18-12-7-13-21-18/h1-13,19-20H,14-15H2/t19-/m0/s1. The first-order valence-corrected chi connectivity index (χ1v) is 7.26. The molecule has 1 heterocycles. The maximum Gasteiger partial charge on any atom is 0.117 e. The zero-order valence-electron chi connectivity index (χ0n) is 11.9. The highest BCUT2D eigenvalue weighted by atomic mass is 16.3. The molecular weight excluding hydrogens is 258 g/mol. The van der Waals surface area contributed by atoms with Crippen LogP contribution in [0.15, 0.2) is 83.5 Å². The van der Waals surface area contributed by atoms with E-state index in [9.17, 15) is 0 Å².